The minimum atomic E-state index is 0.185. The van der Waals surface area contributed by atoms with Crippen LogP contribution in [-0.2, 0) is 0 Å². The molecule has 2 fully saturated rings. The van der Waals surface area contributed by atoms with E-state index in [1.807, 2.05) is 0 Å². The molecular weight excluding hydrogens is 212 g/mol. The van der Waals surface area contributed by atoms with Crippen LogP contribution in [0.4, 0.5) is 0 Å². The van der Waals surface area contributed by atoms with Gasteiger partial charge in [-0.05, 0) is 0 Å². The lowest BCUT2D eigenvalue weighted by atomic mass is 9.82. The molecule has 0 aliphatic carbocycles. The fourth-order valence-corrected chi connectivity index (χ4v) is 2.39. The van der Waals surface area contributed by atoms with E-state index in [1.165, 1.54) is 0 Å². The Morgan fingerprint density at radius 3 is 1.29 bits per heavy atom. The summed E-state index contributed by atoms with van der Waals surface area (Å²) >= 11 is 10.7. The van der Waals surface area contributed by atoms with Crippen molar-refractivity contribution in [2.75, 3.05) is 13.1 Å². The zero-order valence-corrected chi connectivity index (χ0v) is 10.8. The lowest BCUT2D eigenvalue weighted by Crippen LogP contribution is -2.72. The van der Waals surface area contributed by atoms with Crippen LogP contribution in [0.3, 0.4) is 0 Å². The maximum Gasteiger partial charge on any atom is 0.105 e. The summed E-state index contributed by atoms with van der Waals surface area (Å²) in [4.78, 5) is 2.05. The average Bonchev–Trinajstić information content (AvgIpc) is 2.10. The molecular formula is C10H16N2S2. The van der Waals surface area contributed by atoms with Crippen molar-refractivity contribution >= 4 is 34.4 Å². The third kappa shape index (κ3) is 1.20. The Kier molecular flexibility index (Phi) is 1.96. The van der Waals surface area contributed by atoms with E-state index in [0.29, 0.717) is 0 Å². The normalized spacial score (nSPS) is 28.6. The standard InChI is InChI=1S/C10H16N2S2/c1-9(2)5-11(7(9)13)12-6-10(3,4)8(12)14/h5-6H2,1-4H3. The van der Waals surface area contributed by atoms with Gasteiger partial charge in [0.25, 0.3) is 0 Å². The van der Waals surface area contributed by atoms with Gasteiger partial charge in [-0.2, -0.15) is 0 Å². The minimum absolute atomic E-state index is 0.185. The second-order valence-electron chi connectivity index (χ2n) is 5.49. The Labute approximate surface area is 96.2 Å². The smallest absolute Gasteiger partial charge is 0.105 e. The highest BCUT2D eigenvalue weighted by atomic mass is 32.1. The lowest BCUT2D eigenvalue weighted by molar-refractivity contribution is -0.0135. The van der Waals surface area contributed by atoms with Crippen molar-refractivity contribution in [2.45, 2.75) is 27.7 Å². The first-order valence-corrected chi connectivity index (χ1v) is 5.71. The zero-order valence-electron chi connectivity index (χ0n) is 9.13. The molecule has 0 unspecified atom stereocenters. The highest BCUT2D eigenvalue weighted by Gasteiger charge is 2.51. The third-order valence-electron chi connectivity index (χ3n) is 3.01. The number of nitrogens with zero attached hydrogens (tertiary/aromatic N) is 2. The van der Waals surface area contributed by atoms with Gasteiger partial charge in [0.2, 0.25) is 0 Å². The quantitative estimate of drug-likeness (QED) is 0.635. The van der Waals surface area contributed by atoms with Crippen LogP contribution < -0.4 is 0 Å². The Hall–Kier alpha value is -0.220. The molecule has 0 atom stereocenters. The van der Waals surface area contributed by atoms with E-state index in [9.17, 15) is 0 Å². The second-order valence-corrected chi connectivity index (χ2v) is 6.27. The van der Waals surface area contributed by atoms with Crippen molar-refractivity contribution < 1.29 is 0 Å². The van der Waals surface area contributed by atoms with Crippen LogP contribution in [0, 0.1) is 10.8 Å². The summed E-state index contributed by atoms with van der Waals surface area (Å²) in [5.41, 5.74) is 0.370. The Morgan fingerprint density at radius 1 is 0.857 bits per heavy atom. The average molecular weight is 228 g/mol. The first-order chi connectivity index (χ1) is 6.26. The third-order valence-corrected chi connectivity index (χ3v) is 4.53. The molecule has 0 aromatic carbocycles. The van der Waals surface area contributed by atoms with Gasteiger partial charge in [-0.1, -0.05) is 52.1 Å². The number of thiocarbonyl (C=S) groups is 2. The lowest BCUT2D eigenvalue weighted by Gasteiger charge is -2.60. The van der Waals surface area contributed by atoms with Gasteiger partial charge in [0.1, 0.15) is 9.98 Å². The molecule has 78 valence electrons. The van der Waals surface area contributed by atoms with Gasteiger partial charge < -0.3 is 0 Å². The van der Waals surface area contributed by atoms with Gasteiger partial charge in [-0.3, -0.25) is 10.0 Å². The van der Waals surface area contributed by atoms with Gasteiger partial charge in [0, 0.05) is 10.8 Å². The van der Waals surface area contributed by atoms with Crippen LogP contribution in [0.25, 0.3) is 0 Å². The fraction of sp³-hybridized carbons (Fsp3) is 0.800. The topological polar surface area (TPSA) is 6.48 Å². The SMILES string of the molecule is CC1(C)CN(N2CC(C)(C)C2=S)C1=S. The molecule has 2 nitrogen and oxygen atoms in total. The first-order valence-electron chi connectivity index (χ1n) is 4.90. The van der Waals surface area contributed by atoms with Crippen LogP contribution in [0.2, 0.25) is 0 Å². The monoisotopic (exact) mass is 228 g/mol. The van der Waals surface area contributed by atoms with Crippen LogP contribution in [0.1, 0.15) is 27.7 Å². The van der Waals surface area contributed by atoms with Gasteiger partial charge in [0.15, 0.2) is 0 Å². The minimum Gasteiger partial charge on any atom is -0.277 e. The van der Waals surface area contributed by atoms with E-state index in [1.54, 1.807) is 0 Å². The van der Waals surface area contributed by atoms with Gasteiger partial charge in [-0.25, -0.2) is 0 Å². The summed E-state index contributed by atoms with van der Waals surface area (Å²) in [5, 5.41) is 4.28. The molecule has 0 N–H and O–H groups in total. The predicted octanol–water partition coefficient (Wildman–Crippen LogP) is 2.24. The Bertz CT molecular complexity index is 288. The van der Waals surface area contributed by atoms with E-state index >= 15 is 0 Å². The van der Waals surface area contributed by atoms with Gasteiger partial charge >= 0.3 is 0 Å². The number of rotatable bonds is 1. The van der Waals surface area contributed by atoms with E-state index < -0.39 is 0 Å². The van der Waals surface area contributed by atoms with E-state index in [4.69, 9.17) is 24.4 Å². The van der Waals surface area contributed by atoms with Gasteiger partial charge in [0.05, 0.1) is 13.1 Å². The molecule has 0 aromatic heterocycles. The van der Waals surface area contributed by atoms with Crippen molar-refractivity contribution in [3.05, 3.63) is 0 Å². The van der Waals surface area contributed by atoms with Gasteiger partial charge in [-0.15, -0.1) is 0 Å². The maximum absolute atomic E-state index is 5.37. The summed E-state index contributed by atoms with van der Waals surface area (Å²) in [5.74, 6) is 0. The molecule has 2 heterocycles. The molecule has 2 rings (SSSR count). The zero-order chi connectivity index (χ0) is 10.7. The molecule has 4 heteroatoms. The summed E-state index contributed by atoms with van der Waals surface area (Å²) in [7, 11) is 0. The molecule has 0 radical (unpaired) electrons. The summed E-state index contributed by atoms with van der Waals surface area (Å²) in [6, 6.07) is 0. The van der Waals surface area contributed by atoms with Crippen LogP contribution in [0.15, 0.2) is 0 Å². The van der Waals surface area contributed by atoms with E-state index in [2.05, 4.69) is 37.7 Å². The highest BCUT2D eigenvalue weighted by Crippen LogP contribution is 2.41. The molecule has 2 aliphatic rings. The first kappa shape index (κ1) is 10.3. The summed E-state index contributed by atoms with van der Waals surface area (Å²) < 4.78 is 0. The molecule has 14 heavy (non-hydrogen) atoms. The van der Waals surface area contributed by atoms with Crippen LogP contribution in [0.5, 0.6) is 0 Å². The summed E-state index contributed by atoms with van der Waals surface area (Å²) in [6.07, 6.45) is 0. The molecule has 0 amide bonds. The Morgan fingerprint density at radius 2 is 1.14 bits per heavy atom. The Balaban J connectivity index is 2.03. The van der Waals surface area contributed by atoms with Crippen molar-refractivity contribution in [1.82, 2.24) is 10.0 Å². The number of hydrazine groups is 1. The van der Waals surface area contributed by atoms with Crippen molar-refractivity contribution in [3.8, 4) is 0 Å². The van der Waals surface area contributed by atoms with Crippen LogP contribution in [-0.4, -0.2) is 33.1 Å². The van der Waals surface area contributed by atoms with E-state index in [-0.39, 0.29) is 10.8 Å². The molecule has 0 saturated carbocycles. The molecule has 0 bridgehead atoms. The van der Waals surface area contributed by atoms with Crippen molar-refractivity contribution in [3.63, 3.8) is 0 Å². The van der Waals surface area contributed by atoms with Crippen molar-refractivity contribution in [2.24, 2.45) is 10.8 Å². The second kappa shape index (κ2) is 2.67. The predicted molar refractivity (Wildman–Crippen MR) is 66.2 cm³/mol. The number of hydrogen-bond acceptors (Lipinski definition) is 2. The molecule has 0 spiro atoms. The maximum atomic E-state index is 5.37. The van der Waals surface area contributed by atoms with Crippen molar-refractivity contribution in [1.29, 1.82) is 0 Å². The fourth-order valence-electron chi connectivity index (χ4n) is 1.93. The highest BCUT2D eigenvalue weighted by molar-refractivity contribution is 7.81. The van der Waals surface area contributed by atoms with Crippen LogP contribution >= 0.6 is 24.4 Å². The number of hydrogen-bond donors (Lipinski definition) is 0. The molecule has 2 saturated heterocycles. The molecule has 0 aromatic rings. The largest absolute Gasteiger partial charge is 0.277 e. The summed E-state index contributed by atoms with van der Waals surface area (Å²) in [6.45, 7) is 10.7. The van der Waals surface area contributed by atoms with E-state index in [0.717, 1.165) is 23.1 Å². The molecule has 2 aliphatic heterocycles.